The van der Waals surface area contributed by atoms with Crippen molar-refractivity contribution >= 4 is 17.6 Å². The number of carbonyl (C=O) groups excluding carboxylic acids is 1. The molecule has 0 saturated heterocycles. The molecule has 0 unspecified atom stereocenters. The van der Waals surface area contributed by atoms with Crippen LogP contribution in [0.3, 0.4) is 0 Å². The maximum Gasteiger partial charge on any atom is 0.320 e. The van der Waals surface area contributed by atoms with Crippen molar-refractivity contribution in [2.45, 2.75) is 40.3 Å². The Morgan fingerprint density at radius 1 is 1.42 bits per heavy atom. The molecule has 0 amide bonds. The maximum absolute atomic E-state index is 11.4. The van der Waals surface area contributed by atoms with E-state index in [-0.39, 0.29) is 12.5 Å². The van der Waals surface area contributed by atoms with Crippen molar-refractivity contribution in [1.29, 1.82) is 0 Å². The highest BCUT2D eigenvalue weighted by molar-refractivity contribution is 6.31. The largest absolute Gasteiger partial charge is 0.465 e. The molecule has 0 spiro atoms. The third-order valence-corrected chi connectivity index (χ3v) is 3.25. The zero-order chi connectivity index (χ0) is 14.4. The van der Waals surface area contributed by atoms with Crippen LogP contribution in [0, 0.1) is 0 Å². The first-order chi connectivity index (χ1) is 9.03. The van der Waals surface area contributed by atoms with E-state index in [0.29, 0.717) is 18.2 Å². The normalized spacial score (nSPS) is 11.1. The standard InChI is InChI=1S/C13H22ClN3O2/c1-5-10-13(14)11(17(6-2)15-10)8-16(4)9-12(18)19-7-3/h5-9H2,1-4H3. The summed E-state index contributed by atoms with van der Waals surface area (Å²) in [7, 11) is 1.87. The first-order valence-corrected chi connectivity index (χ1v) is 6.99. The molecule has 1 heterocycles. The molecular weight excluding hydrogens is 266 g/mol. The number of nitrogens with zero attached hydrogens (tertiary/aromatic N) is 3. The summed E-state index contributed by atoms with van der Waals surface area (Å²) in [6, 6.07) is 0. The molecule has 1 rings (SSSR count). The Morgan fingerprint density at radius 3 is 2.63 bits per heavy atom. The summed E-state index contributed by atoms with van der Waals surface area (Å²) in [5, 5.41) is 5.17. The average molecular weight is 288 g/mol. The molecule has 0 aliphatic rings. The van der Waals surface area contributed by atoms with E-state index in [0.717, 1.165) is 24.4 Å². The molecule has 0 aromatic carbocycles. The van der Waals surface area contributed by atoms with Crippen molar-refractivity contribution in [2.75, 3.05) is 20.2 Å². The van der Waals surface area contributed by atoms with Crippen LogP contribution in [0.15, 0.2) is 0 Å². The smallest absolute Gasteiger partial charge is 0.320 e. The molecule has 108 valence electrons. The Morgan fingerprint density at radius 2 is 2.11 bits per heavy atom. The van der Waals surface area contributed by atoms with E-state index in [1.807, 2.05) is 30.5 Å². The Bertz CT molecular complexity index is 432. The van der Waals surface area contributed by atoms with Gasteiger partial charge in [0.25, 0.3) is 0 Å². The second-order valence-electron chi connectivity index (χ2n) is 4.35. The van der Waals surface area contributed by atoms with Crippen LogP contribution < -0.4 is 0 Å². The van der Waals surface area contributed by atoms with Gasteiger partial charge in [-0.3, -0.25) is 14.4 Å². The molecule has 0 aliphatic heterocycles. The summed E-state index contributed by atoms with van der Waals surface area (Å²) in [5.41, 5.74) is 1.86. The van der Waals surface area contributed by atoms with Crippen molar-refractivity contribution < 1.29 is 9.53 Å². The lowest BCUT2D eigenvalue weighted by atomic mass is 10.3. The van der Waals surface area contributed by atoms with Gasteiger partial charge in [0.05, 0.1) is 29.6 Å². The van der Waals surface area contributed by atoms with Gasteiger partial charge in [-0.2, -0.15) is 5.10 Å². The monoisotopic (exact) mass is 287 g/mol. The van der Waals surface area contributed by atoms with Crippen LogP contribution >= 0.6 is 11.6 Å². The summed E-state index contributed by atoms with van der Waals surface area (Å²) in [4.78, 5) is 13.3. The lowest BCUT2D eigenvalue weighted by molar-refractivity contribution is -0.144. The highest BCUT2D eigenvalue weighted by Crippen LogP contribution is 2.22. The van der Waals surface area contributed by atoms with Gasteiger partial charge in [0.1, 0.15) is 0 Å². The summed E-state index contributed by atoms with van der Waals surface area (Å²) < 4.78 is 6.82. The van der Waals surface area contributed by atoms with Crippen LogP contribution in [-0.2, 0) is 29.0 Å². The third-order valence-electron chi connectivity index (χ3n) is 2.82. The number of carbonyl (C=O) groups is 1. The van der Waals surface area contributed by atoms with Gasteiger partial charge >= 0.3 is 5.97 Å². The Balaban J connectivity index is 2.75. The number of esters is 1. The van der Waals surface area contributed by atoms with Crippen molar-refractivity contribution in [1.82, 2.24) is 14.7 Å². The molecule has 0 atom stereocenters. The van der Waals surface area contributed by atoms with Crippen molar-refractivity contribution in [3.05, 3.63) is 16.4 Å². The van der Waals surface area contributed by atoms with E-state index >= 15 is 0 Å². The third kappa shape index (κ3) is 4.21. The molecule has 0 fully saturated rings. The number of aromatic nitrogens is 2. The number of halogens is 1. The lowest BCUT2D eigenvalue weighted by Crippen LogP contribution is -2.28. The van der Waals surface area contributed by atoms with Gasteiger partial charge in [-0.15, -0.1) is 0 Å². The number of ether oxygens (including phenoxy) is 1. The molecule has 6 heteroatoms. The van der Waals surface area contributed by atoms with Crippen LogP contribution in [0.4, 0.5) is 0 Å². The minimum atomic E-state index is -0.223. The zero-order valence-corrected chi connectivity index (χ0v) is 12.8. The summed E-state index contributed by atoms with van der Waals surface area (Å²) >= 11 is 6.32. The number of hydrogen-bond donors (Lipinski definition) is 0. The molecule has 5 nitrogen and oxygen atoms in total. The molecular formula is C13H22ClN3O2. The van der Waals surface area contributed by atoms with Crippen molar-refractivity contribution in [3.63, 3.8) is 0 Å². The number of aryl methyl sites for hydroxylation is 2. The van der Waals surface area contributed by atoms with Gasteiger partial charge < -0.3 is 4.74 Å². The van der Waals surface area contributed by atoms with Gasteiger partial charge in [-0.1, -0.05) is 18.5 Å². The Labute approximate surface area is 119 Å². The Hall–Kier alpha value is -1.07. The summed E-state index contributed by atoms with van der Waals surface area (Å²) in [6.07, 6.45) is 0.806. The lowest BCUT2D eigenvalue weighted by Gasteiger charge is -2.16. The fourth-order valence-electron chi connectivity index (χ4n) is 1.91. The summed E-state index contributed by atoms with van der Waals surface area (Å²) in [5.74, 6) is -0.223. The number of hydrogen-bond acceptors (Lipinski definition) is 4. The molecule has 0 aliphatic carbocycles. The fraction of sp³-hybridized carbons (Fsp3) is 0.692. The van der Waals surface area contributed by atoms with E-state index in [4.69, 9.17) is 16.3 Å². The highest BCUT2D eigenvalue weighted by Gasteiger charge is 2.17. The average Bonchev–Trinajstić information content (AvgIpc) is 2.66. The predicted octanol–water partition coefficient (Wildman–Crippen LogP) is 2.11. The van der Waals surface area contributed by atoms with E-state index in [1.54, 1.807) is 6.92 Å². The quantitative estimate of drug-likeness (QED) is 0.721. The van der Waals surface area contributed by atoms with E-state index < -0.39 is 0 Å². The minimum absolute atomic E-state index is 0.223. The molecule has 19 heavy (non-hydrogen) atoms. The van der Waals surface area contributed by atoms with Gasteiger partial charge in [0, 0.05) is 13.1 Å². The SMILES string of the molecule is CCOC(=O)CN(C)Cc1c(Cl)c(CC)nn1CC. The Kier molecular flexibility index (Phi) is 6.31. The van der Waals surface area contributed by atoms with Crippen LogP contribution in [-0.4, -0.2) is 40.8 Å². The molecule has 1 aromatic rings. The molecule has 0 saturated carbocycles. The van der Waals surface area contributed by atoms with Gasteiger partial charge in [-0.05, 0) is 27.3 Å². The van der Waals surface area contributed by atoms with Crippen LogP contribution in [0.5, 0.6) is 0 Å². The number of likely N-dealkylation sites (N-methyl/N-ethyl adjacent to an activating group) is 1. The second kappa shape index (κ2) is 7.50. The second-order valence-corrected chi connectivity index (χ2v) is 4.73. The van der Waals surface area contributed by atoms with E-state index in [9.17, 15) is 4.79 Å². The van der Waals surface area contributed by atoms with Crippen molar-refractivity contribution in [3.8, 4) is 0 Å². The molecule has 0 bridgehead atoms. The molecule has 0 N–H and O–H groups in total. The van der Waals surface area contributed by atoms with Crippen LogP contribution in [0.2, 0.25) is 5.02 Å². The van der Waals surface area contributed by atoms with Crippen LogP contribution in [0.1, 0.15) is 32.2 Å². The van der Waals surface area contributed by atoms with Gasteiger partial charge in [-0.25, -0.2) is 0 Å². The highest BCUT2D eigenvalue weighted by atomic mass is 35.5. The van der Waals surface area contributed by atoms with Crippen molar-refractivity contribution in [2.24, 2.45) is 0 Å². The van der Waals surface area contributed by atoms with Gasteiger partial charge in [0.2, 0.25) is 0 Å². The zero-order valence-electron chi connectivity index (χ0n) is 12.1. The van der Waals surface area contributed by atoms with E-state index in [1.165, 1.54) is 0 Å². The maximum atomic E-state index is 11.4. The van der Waals surface area contributed by atoms with E-state index in [2.05, 4.69) is 5.10 Å². The topological polar surface area (TPSA) is 47.4 Å². The van der Waals surface area contributed by atoms with Crippen LogP contribution in [0.25, 0.3) is 0 Å². The number of rotatable bonds is 7. The summed E-state index contributed by atoms with van der Waals surface area (Å²) in [6.45, 7) is 7.86. The first-order valence-electron chi connectivity index (χ1n) is 6.61. The van der Waals surface area contributed by atoms with Gasteiger partial charge in [0.15, 0.2) is 0 Å². The fourth-order valence-corrected chi connectivity index (χ4v) is 2.24. The first kappa shape index (κ1) is 16.0. The minimum Gasteiger partial charge on any atom is -0.465 e. The predicted molar refractivity (Wildman–Crippen MR) is 75.3 cm³/mol. The molecule has 0 radical (unpaired) electrons. The molecule has 1 aromatic heterocycles.